The van der Waals surface area contributed by atoms with Gasteiger partial charge in [0.2, 0.25) is 0 Å². The van der Waals surface area contributed by atoms with Gasteiger partial charge in [-0.25, -0.2) is 4.39 Å². The van der Waals surface area contributed by atoms with Crippen molar-refractivity contribution in [3.05, 3.63) is 35.6 Å². The van der Waals surface area contributed by atoms with Crippen molar-refractivity contribution in [2.75, 3.05) is 13.2 Å². The summed E-state index contributed by atoms with van der Waals surface area (Å²) in [5.74, 6) is -0.192. The predicted molar refractivity (Wildman–Crippen MR) is 73.5 cm³/mol. The number of benzene rings is 1. The zero-order valence-corrected chi connectivity index (χ0v) is 11.9. The Balaban J connectivity index is 0.00000162. The van der Waals surface area contributed by atoms with Gasteiger partial charge in [-0.2, -0.15) is 0 Å². The van der Waals surface area contributed by atoms with Crippen molar-refractivity contribution in [3.8, 4) is 0 Å². The lowest BCUT2D eigenvalue weighted by molar-refractivity contribution is -0.125. The summed E-state index contributed by atoms with van der Waals surface area (Å²) in [4.78, 5) is 0. The Labute approximate surface area is 114 Å². The van der Waals surface area contributed by atoms with E-state index >= 15 is 0 Å². The molecule has 1 aromatic carbocycles. The predicted octanol–water partition coefficient (Wildman–Crippen LogP) is 3.15. The van der Waals surface area contributed by atoms with Crippen LogP contribution in [0.5, 0.6) is 0 Å². The van der Waals surface area contributed by atoms with Crippen molar-refractivity contribution in [2.24, 2.45) is 5.41 Å². The second-order valence-corrected chi connectivity index (χ2v) is 5.84. The molecule has 1 aliphatic rings. The molecule has 18 heavy (non-hydrogen) atoms. The first-order chi connectivity index (χ1) is 7.89. The van der Waals surface area contributed by atoms with E-state index in [-0.39, 0.29) is 29.4 Å². The van der Waals surface area contributed by atoms with E-state index in [2.05, 4.69) is 19.2 Å². The molecule has 0 aliphatic carbocycles. The molecule has 4 heteroatoms. The minimum absolute atomic E-state index is 0. The highest BCUT2D eigenvalue weighted by molar-refractivity contribution is 5.85. The fraction of sp³-hybridized carbons (Fsp3) is 0.571. The molecule has 1 fully saturated rings. The maximum Gasteiger partial charge on any atom is 0.123 e. The molecule has 0 aromatic heterocycles. The molecular formula is C14H21ClFNO. The molecule has 0 spiro atoms. The van der Waals surface area contributed by atoms with Gasteiger partial charge in [-0.15, -0.1) is 12.4 Å². The lowest BCUT2D eigenvalue weighted by Crippen LogP contribution is -2.56. The van der Waals surface area contributed by atoms with Crippen LogP contribution in [0.4, 0.5) is 4.39 Å². The van der Waals surface area contributed by atoms with Crippen LogP contribution in [-0.4, -0.2) is 18.9 Å². The second-order valence-electron chi connectivity index (χ2n) is 5.84. The summed E-state index contributed by atoms with van der Waals surface area (Å²) in [5.41, 5.74) is 0.741. The number of halogens is 2. The maximum atomic E-state index is 13.1. The van der Waals surface area contributed by atoms with E-state index in [1.165, 1.54) is 6.07 Å². The third kappa shape index (κ3) is 3.94. The van der Waals surface area contributed by atoms with Gasteiger partial charge in [-0.3, -0.25) is 5.32 Å². The summed E-state index contributed by atoms with van der Waals surface area (Å²) in [6.07, 6.45) is 0.681. The van der Waals surface area contributed by atoms with Gasteiger partial charge in [-0.1, -0.05) is 26.0 Å². The number of hydrogen-bond acceptors (Lipinski definition) is 2. The fourth-order valence-electron chi connectivity index (χ4n) is 2.03. The molecule has 0 saturated carbocycles. The van der Waals surface area contributed by atoms with Crippen LogP contribution >= 0.6 is 12.4 Å². The van der Waals surface area contributed by atoms with Crippen LogP contribution in [-0.2, 0) is 11.2 Å². The van der Waals surface area contributed by atoms with Crippen molar-refractivity contribution in [3.63, 3.8) is 0 Å². The molecule has 1 saturated heterocycles. The van der Waals surface area contributed by atoms with Crippen molar-refractivity contribution in [1.29, 1.82) is 0 Å². The average molecular weight is 274 g/mol. The highest BCUT2D eigenvalue weighted by Gasteiger charge is 2.35. The Morgan fingerprint density at radius 2 is 2.06 bits per heavy atom. The minimum Gasteiger partial charge on any atom is -0.360 e. The topological polar surface area (TPSA) is 21.3 Å². The summed E-state index contributed by atoms with van der Waals surface area (Å²) in [6.45, 7) is 8.00. The summed E-state index contributed by atoms with van der Waals surface area (Å²) < 4.78 is 19.0. The van der Waals surface area contributed by atoms with Crippen LogP contribution in [0.15, 0.2) is 24.3 Å². The molecule has 1 atom stereocenters. The third-order valence-corrected chi connectivity index (χ3v) is 3.15. The molecule has 1 N–H and O–H groups in total. The van der Waals surface area contributed by atoms with E-state index in [0.717, 1.165) is 18.7 Å². The van der Waals surface area contributed by atoms with Crippen molar-refractivity contribution in [1.82, 2.24) is 5.32 Å². The van der Waals surface area contributed by atoms with Gasteiger partial charge in [0.1, 0.15) is 11.5 Å². The largest absolute Gasteiger partial charge is 0.360 e. The molecule has 1 aromatic rings. The van der Waals surface area contributed by atoms with Crippen molar-refractivity contribution >= 4 is 12.4 Å². The smallest absolute Gasteiger partial charge is 0.123 e. The third-order valence-electron chi connectivity index (χ3n) is 3.15. The number of nitrogens with one attached hydrogen (secondary N) is 1. The maximum absolute atomic E-state index is 13.1. The van der Waals surface area contributed by atoms with Gasteiger partial charge >= 0.3 is 0 Å². The first-order valence-electron chi connectivity index (χ1n) is 6.02. The van der Waals surface area contributed by atoms with Crippen LogP contribution < -0.4 is 5.32 Å². The highest BCUT2D eigenvalue weighted by Crippen LogP contribution is 2.26. The normalized spacial score (nSPS) is 26.4. The van der Waals surface area contributed by atoms with Crippen LogP contribution in [0, 0.1) is 11.2 Å². The Morgan fingerprint density at radius 1 is 1.33 bits per heavy atom. The monoisotopic (exact) mass is 273 g/mol. The van der Waals surface area contributed by atoms with E-state index in [0.29, 0.717) is 6.42 Å². The average Bonchev–Trinajstić information content (AvgIpc) is 2.24. The molecule has 102 valence electrons. The van der Waals surface area contributed by atoms with E-state index in [4.69, 9.17) is 4.74 Å². The Morgan fingerprint density at radius 3 is 2.61 bits per heavy atom. The molecule has 1 unspecified atom stereocenters. The van der Waals surface area contributed by atoms with Gasteiger partial charge in [-0.05, 0) is 24.6 Å². The van der Waals surface area contributed by atoms with E-state index in [1.54, 1.807) is 12.1 Å². The Hall–Kier alpha value is -0.640. The molecule has 1 heterocycles. The molecule has 1 aliphatic heterocycles. The van der Waals surface area contributed by atoms with Gasteiger partial charge in [0, 0.05) is 18.4 Å². The SMILES string of the molecule is CC1(C)CNC(C)(Cc2cccc(F)c2)OC1.Cl. The lowest BCUT2D eigenvalue weighted by Gasteiger charge is -2.42. The highest BCUT2D eigenvalue weighted by atomic mass is 35.5. The van der Waals surface area contributed by atoms with Crippen molar-refractivity contribution in [2.45, 2.75) is 32.9 Å². The Bertz CT molecular complexity index is 399. The zero-order chi connectivity index (χ0) is 12.5. The summed E-state index contributed by atoms with van der Waals surface area (Å²) >= 11 is 0. The quantitative estimate of drug-likeness (QED) is 0.894. The van der Waals surface area contributed by atoms with E-state index in [9.17, 15) is 4.39 Å². The van der Waals surface area contributed by atoms with E-state index < -0.39 is 0 Å². The zero-order valence-electron chi connectivity index (χ0n) is 11.1. The first kappa shape index (κ1) is 15.4. The Kier molecular flexibility index (Phi) is 4.76. The first-order valence-corrected chi connectivity index (χ1v) is 6.02. The number of rotatable bonds is 2. The van der Waals surface area contributed by atoms with Gasteiger partial charge in [0.25, 0.3) is 0 Å². The fourth-order valence-corrected chi connectivity index (χ4v) is 2.03. The van der Waals surface area contributed by atoms with Gasteiger partial charge < -0.3 is 4.74 Å². The van der Waals surface area contributed by atoms with Crippen LogP contribution in [0.25, 0.3) is 0 Å². The van der Waals surface area contributed by atoms with Crippen LogP contribution in [0.2, 0.25) is 0 Å². The van der Waals surface area contributed by atoms with E-state index in [1.807, 2.05) is 13.0 Å². The standard InChI is InChI=1S/C14H20FNO.ClH/c1-13(2)9-16-14(3,17-10-13)8-11-5-4-6-12(15)7-11;/h4-7,16H,8-10H2,1-3H3;1H. The molecule has 2 rings (SSSR count). The van der Waals surface area contributed by atoms with Crippen LogP contribution in [0.3, 0.4) is 0 Å². The van der Waals surface area contributed by atoms with Crippen LogP contribution in [0.1, 0.15) is 26.3 Å². The summed E-state index contributed by atoms with van der Waals surface area (Å²) in [5, 5.41) is 3.41. The minimum atomic E-state index is -0.386. The second kappa shape index (κ2) is 5.55. The lowest BCUT2D eigenvalue weighted by atomic mass is 9.90. The summed E-state index contributed by atoms with van der Waals surface area (Å²) in [7, 11) is 0. The molecule has 0 radical (unpaired) electrons. The molecular weight excluding hydrogens is 253 g/mol. The molecule has 0 amide bonds. The number of ether oxygens (including phenoxy) is 1. The van der Waals surface area contributed by atoms with Crippen molar-refractivity contribution < 1.29 is 9.13 Å². The van der Waals surface area contributed by atoms with Gasteiger partial charge in [0.05, 0.1) is 6.61 Å². The number of hydrogen-bond donors (Lipinski definition) is 1. The molecule has 0 bridgehead atoms. The van der Waals surface area contributed by atoms with Gasteiger partial charge in [0.15, 0.2) is 0 Å². The summed E-state index contributed by atoms with van der Waals surface area (Å²) in [6, 6.07) is 6.69. The molecule has 2 nitrogen and oxygen atoms in total.